The van der Waals surface area contributed by atoms with Gasteiger partial charge >= 0.3 is 6.03 Å². The Hall–Kier alpha value is -4.46. The van der Waals surface area contributed by atoms with Crippen molar-refractivity contribution in [1.29, 1.82) is 0 Å². The van der Waals surface area contributed by atoms with Crippen LogP contribution in [0.2, 0.25) is 0 Å². The van der Waals surface area contributed by atoms with Gasteiger partial charge in [-0.3, -0.25) is 9.36 Å². The van der Waals surface area contributed by atoms with Gasteiger partial charge in [0.1, 0.15) is 11.6 Å². The van der Waals surface area contributed by atoms with Crippen LogP contribution in [0, 0.1) is 5.82 Å². The predicted molar refractivity (Wildman–Crippen MR) is 126 cm³/mol. The van der Waals surface area contributed by atoms with Crippen molar-refractivity contribution in [2.24, 2.45) is 0 Å². The Labute approximate surface area is 194 Å². The summed E-state index contributed by atoms with van der Waals surface area (Å²) in [4.78, 5) is 25.4. The smallest absolute Gasteiger partial charge is 0.319 e. The zero-order valence-electron chi connectivity index (χ0n) is 18.0. The van der Waals surface area contributed by atoms with Crippen molar-refractivity contribution in [2.45, 2.75) is 6.54 Å². The number of hydrogen-bond acceptors (Lipinski definition) is 3. The third kappa shape index (κ3) is 5.47. The van der Waals surface area contributed by atoms with E-state index in [0.29, 0.717) is 29.1 Å². The molecule has 4 aromatic rings. The summed E-state index contributed by atoms with van der Waals surface area (Å²) in [7, 11) is 0. The van der Waals surface area contributed by atoms with E-state index in [4.69, 9.17) is 4.74 Å². The van der Waals surface area contributed by atoms with E-state index in [0.717, 1.165) is 5.56 Å². The molecule has 0 spiro atoms. The van der Waals surface area contributed by atoms with E-state index in [9.17, 15) is 18.4 Å². The summed E-state index contributed by atoms with van der Waals surface area (Å²) in [5.74, 6) is -0.0814. The summed E-state index contributed by atoms with van der Waals surface area (Å²) in [5, 5.41) is 5.48. The fourth-order valence-corrected chi connectivity index (χ4v) is 3.41. The van der Waals surface area contributed by atoms with E-state index in [1.54, 1.807) is 42.6 Å². The normalized spacial score (nSPS) is 10.5. The SMILES string of the molecule is O=C(NCc1ccccc1)Nc1cc(=O)n(-c2ccc(OCF)cc2)cc1-c1ccc(F)cc1. The van der Waals surface area contributed by atoms with Crippen LogP contribution in [0.3, 0.4) is 0 Å². The van der Waals surface area contributed by atoms with E-state index in [-0.39, 0.29) is 5.69 Å². The molecule has 0 saturated heterocycles. The number of rotatable bonds is 7. The Morgan fingerprint density at radius 2 is 1.65 bits per heavy atom. The van der Waals surface area contributed by atoms with E-state index in [1.807, 2.05) is 30.3 Å². The highest BCUT2D eigenvalue weighted by molar-refractivity contribution is 5.94. The molecular weight excluding hydrogens is 440 g/mol. The summed E-state index contributed by atoms with van der Waals surface area (Å²) in [6.45, 7) is -0.649. The Balaban J connectivity index is 1.66. The second kappa shape index (κ2) is 10.4. The lowest BCUT2D eigenvalue weighted by atomic mass is 10.1. The Kier molecular flexibility index (Phi) is 6.98. The maximum atomic E-state index is 13.5. The monoisotopic (exact) mass is 461 g/mol. The molecule has 0 atom stereocenters. The fourth-order valence-electron chi connectivity index (χ4n) is 3.41. The summed E-state index contributed by atoms with van der Waals surface area (Å²) < 4.78 is 32.1. The first-order valence-corrected chi connectivity index (χ1v) is 10.4. The molecule has 0 aliphatic carbocycles. The molecule has 0 radical (unpaired) electrons. The quantitative estimate of drug-likeness (QED) is 0.394. The first kappa shape index (κ1) is 22.7. The number of ether oxygens (including phenoxy) is 1. The summed E-state index contributed by atoms with van der Waals surface area (Å²) in [5.41, 5.74) is 2.43. The number of anilines is 1. The van der Waals surface area contributed by atoms with Gasteiger partial charge in [-0.1, -0.05) is 42.5 Å². The standard InChI is InChI=1S/C26H21F2N3O3/c27-17-34-22-12-10-21(11-13-22)31-16-23(19-6-8-20(28)9-7-19)24(14-25(31)32)30-26(33)29-15-18-4-2-1-3-5-18/h1-14,16H,15,17H2,(H2,29,30,33). The molecule has 8 heteroatoms. The van der Waals surface area contributed by atoms with Gasteiger partial charge in [-0.05, 0) is 47.5 Å². The van der Waals surface area contributed by atoms with Crippen molar-refractivity contribution < 1.29 is 18.3 Å². The first-order chi connectivity index (χ1) is 16.5. The number of urea groups is 1. The molecule has 4 rings (SSSR count). The number of amides is 2. The van der Waals surface area contributed by atoms with Gasteiger partial charge in [-0.15, -0.1) is 0 Å². The van der Waals surface area contributed by atoms with Crippen molar-refractivity contribution >= 4 is 11.7 Å². The zero-order chi connectivity index (χ0) is 23.9. The van der Waals surface area contributed by atoms with Crippen molar-refractivity contribution in [3.05, 3.63) is 113 Å². The van der Waals surface area contributed by atoms with Crippen LogP contribution < -0.4 is 20.9 Å². The molecule has 6 nitrogen and oxygen atoms in total. The lowest BCUT2D eigenvalue weighted by Crippen LogP contribution is -2.29. The summed E-state index contributed by atoms with van der Waals surface area (Å²) in [6.07, 6.45) is 1.56. The zero-order valence-corrected chi connectivity index (χ0v) is 18.0. The molecule has 0 aliphatic rings. The van der Waals surface area contributed by atoms with Gasteiger partial charge in [-0.25, -0.2) is 13.6 Å². The first-order valence-electron chi connectivity index (χ1n) is 10.4. The average molecular weight is 461 g/mol. The Morgan fingerprint density at radius 3 is 2.32 bits per heavy atom. The minimum Gasteiger partial charge on any atom is -0.463 e. The Bertz CT molecular complexity index is 1320. The highest BCUT2D eigenvalue weighted by atomic mass is 19.1. The van der Waals surface area contributed by atoms with E-state index in [1.165, 1.54) is 22.8 Å². The molecule has 1 heterocycles. The van der Waals surface area contributed by atoms with E-state index >= 15 is 0 Å². The van der Waals surface area contributed by atoms with Gasteiger partial charge in [0, 0.05) is 30.1 Å². The molecule has 3 aromatic carbocycles. The van der Waals surface area contributed by atoms with Crippen molar-refractivity contribution in [3.8, 4) is 22.6 Å². The third-order valence-electron chi connectivity index (χ3n) is 5.09. The van der Waals surface area contributed by atoms with Gasteiger partial charge in [0.25, 0.3) is 5.56 Å². The second-order valence-electron chi connectivity index (χ2n) is 7.36. The number of hydrogen-bond donors (Lipinski definition) is 2. The number of carbonyl (C=O) groups is 1. The lowest BCUT2D eigenvalue weighted by Gasteiger charge is -2.15. The van der Waals surface area contributed by atoms with Gasteiger partial charge in [0.2, 0.25) is 6.86 Å². The summed E-state index contributed by atoms with van der Waals surface area (Å²) in [6, 6.07) is 22.2. The molecule has 2 N–H and O–H groups in total. The topological polar surface area (TPSA) is 72.4 Å². The van der Waals surface area contributed by atoms with Crippen LogP contribution >= 0.6 is 0 Å². The number of nitrogens with one attached hydrogen (secondary N) is 2. The van der Waals surface area contributed by atoms with E-state index in [2.05, 4.69) is 10.6 Å². The van der Waals surface area contributed by atoms with Crippen LogP contribution in [-0.4, -0.2) is 17.5 Å². The number of aromatic nitrogens is 1. The van der Waals surface area contributed by atoms with Gasteiger partial charge in [0.15, 0.2) is 0 Å². The van der Waals surface area contributed by atoms with Crippen LogP contribution in [-0.2, 0) is 6.54 Å². The second-order valence-corrected chi connectivity index (χ2v) is 7.36. The lowest BCUT2D eigenvalue weighted by molar-refractivity contribution is 0.192. The van der Waals surface area contributed by atoms with Crippen molar-refractivity contribution in [2.75, 3.05) is 12.2 Å². The highest BCUT2D eigenvalue weighted by Crippen LogP contribution is 2.28. The number of carbonyl (C=O) groups excluding carboxylic acids is 1. The number of alkyl halides is 1. The number of benzene rings is 3. The van der Waals surface area contributed by atoms with Crippen molar-refractivity contribution in [3.63, 3.8) is 0 Å². The van der Waals surface area contributed by atoms with E-state index < -0.39 is 24.3 Å². The average Bonchev–Trinajstić information content (AvgIpc) is 2.85. The minimum atomic E-state index is -0.958. The number of nitrogens with zero attached hydrogens (tertiary/aromatic N) is 1. The molecule has 0 aliphatic heterocycles. The van der Waals surface area contributed by atoms with Crippen LogP contribution in [0.15, 0.2) is 95.9 Å². The highest BCUT2D eigenvalue weighted by Gasteiger charge is 2.13. The molecular formula is C26H21F2N3O3. The van der Waals surface area contributed by atoms with Crippen molar-refractivity contribution in [1.82, 2.24) is 9.88 Å². The van der Waals surface area contributed by atoms with Gasteiger partial charge < -0.3 is 15.4 Å². The molecule has 172 valence electrons. The molecule has 1 aromatic heterocycles. The molecule has 0 unspecified atom stereocenters. The largest absolute Gasteiger partial charge is 0.463 e. The molecule has 0 bridgehead atoms. The number of pyridine rings is 1. The van der Waals surface area contributed by atoms with Crippen LogP contribution in [0.5, 0.6) is 5.75 Å². The molecule has 34 heavy (non-hydrogen) atoms. The Morgan fingerprint density at radius 1 is 0.941 bits per heavy atom. The van der Waals surface area contributed by atoms with Crippen LogP contribution in [0.4, 0.5) is 19.3 Å². The number of halogens is 2. The maximum Gasteiger partial charge on any atom is 0.319 e. The molecule has 0 saturated carbocycles. The molecule has 2 amide bonds. The van der Waals surface area contributed by atoms with Gasteiger partial charge in [-0.2, -0.15) is 0 Å². The summed E-state index contributed by atoms with van der Waals surface area (Å²) >= 11 is 0. The fraction of sp³-hybridized carbons (Fsp3) is 0.0769. The maximum absolute atomic E-state index is 13.5. The third-order valence-corrected chi connectivity index (χ3v) is 5.09. The van der Waals surface area contributed by atoms with Crippen LogP contribution in [0.1, 0.15) is 5.56 Å². The van der Waals surface area contributed by atoms with Crippen LogP contribution in [0.25, 0.3) is 16.8 Å². The predicted octanol–water partition coefficient (Wildman–Crippen LogP) is 5.27. The molecule has 0 fully saturated rings. The van der Waals surface area contributed by atoms with Gasteiger partial charge in [0.05, 0.1) is 5.69 Å². The minimum absolute atomic E-state index is 0.274.